The van der Waals surface area contributed by atoms with E-state index >= 15 is 0 Å². The Balaban J connectivity index is 0. The van der Waals surface area contributed by atoms with Crippen molar-refractivity contribution in [3.05, 3.63) is 12.2 Å². The van der Waals surface area contributed by atoms with Crippen LogP contribution >= 0.6 is 7.82 Å². The third kappa shape index (κ3) is 27.9. The van der Waals surface area contributed by atoms with Gasteiger partial charge in [0.25, 0.3) is 0 Å². The van der Waals surface area contributed by atoms with Crippen LogP contribution in [0.15, 0.2) is 12.2 Å². The summed E-state index contributed by atoms with van der Waals surface area (Å²) in [4.78, 5) is 43.6. The summed E-state index contributed by atoms with van der Waals surface area (Å²) in [5.41, 5.74) is 0. The highest BCUT2D eigenvalue weighted by molar-refractivity contribution is 7.45. The minimum Gasteiger partial charge on any atom is -0.463 e. The lowest BCUT2D eigenvalue weighted by molar-refractivity contribution is -0.140. The highest BCUT2D eigenvalue weighted by Crippen LogP contribution is 2.25. The molecule has 0 aliphatic carbocycles. The molecular formula is C12H23O8P. The summed E-state index contributed by atoms with van der Waals surface area (Å²) >= 11 is 0. The van der Waals surface area contributed by atoms with Gasteiger partial charge in [0, 0.05) is 12.2 Å². The molecule has 21 heavy (non-hydrogen) atoms. The Morgan fingerprint density at radius 3 is 1.43 bits per heavy atom. The number of hydrogen-bond acceptors (Lipinski definition) is 5. The molecule has 0 rings (SSSR count). The van der Waals surface area contributed by atoms with E-state index in [2.05, 4.69) is 0 Å². The van der Waals surface area contributed by atoms with E-state index in [1.54, 1.807) is 0 Å². The number of rotatable bonds is 8. The van der Waals surface area contributed by atoms with Crippen LogP contribution in [0.2, 0.25) is 0 Å². The van der Waals surface area contributed by atoms with Crippen molar-refractivity contribution in [3.63, 3.8) is 0 Å². The van der Waals surface area contributed by atoms with Gasteiger partial charge in [-0.2, -0.15) is 0 Å². The van der Waals surface area contributed by atoms with Crippen molar-refractivity contribution >= 4 is 19.8 Å². The molecule has 0 aliphatic rings. The number of carbonyl (C=O) groups is 2. The van der Waals surface area contributed by atoms with Crippen LogP contribution in [0.3, 0.4) is 0 Å². The molecule has 0 aromatic heterocycles. The maximum Gasteiger partial charge on any atom is 0.466 e. The number of esters is 2. The fourth-order valence-corrected chi connectivity index (χ4v) is 0.867. The molecule has 8 nitrogen and oxygen atoms in total. The second-order valence-electron chi connectivity index (χ2n) is 3.89. The third-order valence-corrected chi connectivity index (χ3v) is 1.84. The fourth-order valence-electron chi connectivity index (χ4n) is 0.867. The average molecular weight is 326 g/mol. The highest BCUT2D eigenvalue weighted by Gasteiger charge is 2.00. The fraction of sp³-hybridized carbons (Fsp3) is 0.667. The molecule has 0 amide bonds. The van der Waals surface area contributed by atoms with E-state index in [4.69, 9.17) is 28.7 Å². The standard InChI is InChI=1S/C12H20O4.H3O4P/c1-3-5-9-15-11(13)7-8-12(14)16-10-6-4-2;1-5(2,3)4/h7-8H,3-6,9-10H2,1-2H3;(H3,1,2,3,4). The molecular weight excluding hydrogens is 303 g/mol. The van der Waals surface area contributed by atoms with Crippen molar-refractivity contribution in [1.82, 2.24) is 0 Å². The van der Waals surface area contributed by atoms with E-state index in [-0.39, 0.29) is 0 Å². The quantitative estimate of drug-likeness (QED) is 0.263. The summed E-state index contributed by atoms with van der Waals surface area (Å²) in [7, 11) is -4.64. The number of unbranched alkanes of at least 4 members (excludes halogenated alkanes) is 2. The zero-order valence-corrected chi connectivity index (χ0v) is 13.1. The van der Waals surface area contributed by atoms with Crippen molar-refractivity contribution in [2.75, 3.05) is 13.2 Å². The molecule has 0 aromatic rings. The van der Waals surface area contributed by atoms with E-state index in [0.29, 0.717) is 13.2 Å². The number of ether oxygens (including phenoxy) is 2. The Labute approximate surface area is 124 Å². The van der Waals surface area contributed by atoms with E-state index in [0.717, 1.165) is 37.8 Å². The zero-order valence-electron chi connectivity index (χ0n) is 12.2. The van der Waals surface area contributed by atoms with Gasteiger partial charge in [0.1, 0.15) is 0 Å². The second kappa shape index (κ2) is 13.8. The SMILES string of the molecule is CCCCOC(=O)C=CC(=O)OCCCC.O=P(O)(O)O. The lowest BCUT2D eigenvalue weighted by Gasteiger charge is -2.00. The zero-order chi connectivity index (χ0) is 16.7. The first-order chi connectivity index (χ1) is 9.70. The van der Waals surface area contributed by atoms with Gasteiger partial charge in [-0.25, -0.2) is 14.2 Å². The molecule has 0 heterocycles. The summed E-state index contributed by atoms with van der Waals surface area (Å²) in [6.07, 6.45) is 5.81. The van der Waals surface area contributed by atoms with Crippen LogP contribution in [0.25, 0.3) is 0 Å². The molecule has 0 bridgehead atoms. The van der Waals surface area contributed by atoms with E-state index in [1.165, 1.54) is 0 Å². The molecule has 0 aromatic carbocycles. The largest absolute Gasteiger partial charge is 0.466 e. The lowest BCUT2D eigenvalue weighted by Crippen LogP contribution is -2.05. The topological polar surface area (TPSA) is 130 Å². The van der Waals surface area contributed by atoms with Crippen LogP contribution in [0.5, 0.6) is 0 Å². The average Bonchev–Trinajstić information content (AvgIpc) is 2.35. The molecule has 0 saturated carbocycles. The molecule has 0 fully saturated rings. The van der Waals surface area contributed by atoms with Crippen molar-refractivity contribution in [1.29, 1.82) is 0 Å². The first-order valence-corrected chi connectivity index (χ1v) is 8.07. The van der Waals surface area contributed by atoms with Gasteiger partial charge in [-0.3, -0.25) is 0 Å². The molecule has 0 spiro atoms. The summed E-state index contributed by atoms with van der Waals surface area (Å²) in [5.74, 6) is -0.998. The number of carbonyl (C=O) groups excluding carboxylic acids is 2. The minimum atomic E-state index is -4.64. The van der Waals surface area contributed by atoms with Crippen LogP contribution in [0.4, 0.5) is 0 Å². The van der Waals surface area contributed by atoms with Crippen molar-refractivity contribution in [2.24, 2.45) is 0 Å². The maximum absolute atomic E-state index is 11.0. The van der Waals surface area contributed by atoms with Crippen LogP contribution in [-0.2, 0) is 23.6 Å². The van der Waals surface area contributed by atoms with Crippen molar-refractivity contribution < 1.29 is 38.3 Å². The van der Waals surface area contributed by atoms with Gasteiger partial charge in [0.05, 0.1) is 13.2 Å². The van der Waals surface area contributed by atoms with Crippen molar-refractivity contribution in [3.8, 4) is 0 Å². The predicted octanol–water partition coefficient (Wildman–Crippen LogP) is 1.30. The Morgan fingerprint density at radius 1 is 0.905 bits per heavy atom. The molecule has 0 radical (unpaired) electrons. The van der Waals surface area contributed by atoms with Gasteiger partial charge in [0.2, 0.25) is 0 Å². The Bertz CT molecular complexity index is 328. The van der Waals surface area contributed by atoms with Gasteiger partial charge >= 0.3 is 19.8 Å². The molecule has 0 aliphatic heterocycles. The number of phosphoric acid groups is 1. The van der Waals surface area contributed by atoms with Gasteiger partial charge in [-0.15, -0.1) is 0 Å². The highest BCUT2D eigenvalue weighted by atomic mass is 31.2. The lowest BCUT2D eigenvalue weighted by atomic mass is 10.4. The van der Waals surface area contributed by atoms with Gasteiger partial charge in [0.15, 0.2) is 0 Å². The molecule has 3 N–H and O–H groups in total. The van der Waals surface area contributed by atoms with E-state index in [1.807, 2.05) is 13.8 Å². The minimum absolute atomic E-state index is 0.393. The Morgan fingerprint density at radius 2 is 1.19 bits per heavy atom. The summed E-state index contributed by atoms with van der Waals surface area (Å²) in [6.45, 7) is 4.80. The number of hydrogen-bond donors (Lipinski definition) is 3. The van der Waals surface area contributed by atoms with Crippen LogP contribution in [0, 0.1) is 0 Å². The first-order valence-electron chi connectivity index (χ1n) is 6.50. The van der Waals surface area contributed by atoms with Crippen LogP contribution in [0.1, 0.15) is 39.5 Å². The second-order valence-corrected chi connectivity index (χ2v) is 4.92. The van der Waals surface area contributed by atoms with E-state index in [9.17, 15) is 9.59 Å². The predicted molar refractivity (Wildman–Crippen MR) is 75.1 cm³/mol. The molecule has 0 atom stereocenters. The van der Waals surface area contributed by atoms with Gasteiger partial charge in [-0.05, 0) is 12.8 Å². The smallest absolute Gasteiger partial charge is 0.463 e. The van der Waals surface area contributed by atoms with Gasteiger partial charge < -0.3 is 24.2 Å². The monoisotopic (exact) mass is 326 g/mol. The third-order valence-electron chi connectivity index (χ3n) is 1.84. The van der Waals surface area contributed by atoms with Crippen LogP contribution in [-0.4, -0.2) is 39.8 Å². The summed E-state index contributed by atoms with van der Waals surface area (Å²) in [5, 5.41) is 0. The Hall–Kier alpha value is -1.21. The van der Waals surface area contributed by atoms with Gasteiger partial charge in [-0.1, -0.05) is 26.7 Å². The van der Waals surface area contributed by atoms with E-state index < -0.39 is 19.8 Å². The molecule has 0 saturated heterocycles. The maximum atomic E-state index is 11.0. The van der Waals surface area contributed by atoms with Crippen molar-refractivity contribution in [2.45, 2.75) is 39.5 Å². The molecule has 0 unspecified atom stereocenters. The molecule has 124 valence electrons. The Kier molecular flexibility index (Phi) is 14.5. The summed E-state index contributed by atoms with van der Waals surface area (Å²) < 4.78 is 18.5. The summed E-state index contributed by atoms with van der Waals surface area (Å²) in [6, 6.07) is 0. The normalized spacial score (nSPS) is 10.7. The molecule has 9 heteroatoms. The van der Waals surface area contributed by atoms with Crippen LogP contribution < -0.4 is 0 Å². The first kappa shape index (κ1) is 22.1.